The Labute approximate surface area is 181 Å². The molecule has 156 valence electrons. The standard InChI is InChI=1S/C23H19N3O4S/c1-14-18-21(24-13-26(22(18)28)12-15-7-4-3-5-8-15)31-19(14)20(27)25-17-10-6-9-16(11-17)23(29)30-2/h3-11,13H,12H2,1-2H3,(H,25,27). The van der Waals surface area contributed by atoms with Gasteiger partial charge in [-0.15, -0.1) is 11.3 Å². The molecule has 2 heterocycles. The molecule has 7 nitrogen and oxygen atoms in total. The maximum atomic E-state index is 13.0. The third-order valence-electron chi connectivity index (χ3n) is 4.86. The van der Waals surface area contributed by atoms with Crippen LogP contribution in [0.3, 0.4) is 0 Å². The molecule has 8 heteroatoms. The molecule has 0 aliphatic rings. The predicted molar refractivity (Wildman–Crippen MR) is 120 cm³/mol. The van der Waals surface area contributed by atoms with Gasteiger partial charge in [-0.2, -0.15) is 0 Å². The van der Waals surface area contributed by atoms with Crippen LogP contribution in [0, 0.1) is 6.92 Å². The number of thiophene rings is 1. The maximum Gasteiger partial charge on any atom is 0.337 e. The Morgan fingerprint density at radius 2 is 1.90 bits per heavy atom. The van der Waals surface area contributed by atoms with Gasteiger partial charge in [0.05, 0.1) is 35.8 Å². The lowest BCUT2D eigenvalue weighted by atomic mass is 10.2. The van der Waals surface area contributed by atoms with Crippen LogP contribution in [0.4, 0.5) is 5.69 Å². The normalized spacial score (nSPS) is 10.8. The quantitative estimate of drug-likeness (QED) is 0.483. The highest BCUT2D eigenvalue weighted by Gasteiger charge is 2.20. The van der Waals surface area contributed by atoms with Crippen LogP contribution >= 0.6 is 11.3 Å². The second-order valence-corrected chi connectivity index (χ2v) is 7.93. The highest BCUT2D eigenvalue weighted by molar-refractivity contribution is 7.20. The molecule has 0 saturated carbocycles. The Balaban J connectivity index is 1.65. The molecule has 0 aliphatic heterocycles. The van der Waals surface area contributed by atoms with Crippen LogP contribution in [0.15, 0.2) is 65.7 Å². The van der Waals surface area contributed by atoms with Gasteiger partial charge < -0.3 is 10.1 Å². The van der Waals surface area contributed by atoms with E-state index in [1.54, 1.807) is 29.7 Å². The van der Waals surface area contributed by atoms with Crippen molar-refractivity contribution in [2.45, 2.75) is 13.5 Å². The van der Waals surface area contributed by atoms with Gasteiger partial charge in [0, 0.05) is 5.69 Å². The van der Waals surface area contributed by atoms with Gasteiger partial charge in [0.2, 0.25) is 0 Å². The number of methoxy groups -OCH3 is 1. The summed E-state index contributed by atoms with van der Waals surface area (Å²) in [5.74, 6) is -0.853. The highest BCUT2D eigenvalue weighted by atomic mass is 32.1. The van der Waals surface area contributed by atoms with Crippen molar-refractivity contribution in [1.29, 1.82) is 0 Å². The van der Waals surface area contributed by atoms with Crippen LogP contribution in [0.5, 0.6) is 0 Å². The fraction of sp³-hybridized carbons (Fsp3) is 0.130. The molecule has 31 heavy (non-hydrogen) atoms. The number of esters is 1. The molecule has 0 unspecified atom stereocenters. The fourth-order valence-electron chi connectivity index (χ4n) is 3.30. The molecule has 2 aromatic heterocycles. The number of benzene rings is 2. The maximum absolute atomic E-state index is 13.0. The minimum Gasteiger partial charge on any atom is -0.465 e. The number of anilines is 1. The topological polar surface area (TPSA) is 90.3 Å². The van der Waals surface area contributed by atoms with Crippen molar-refractivity contribution in [2.24, 2.45) is 0 Å². The van der Waals surface area contributed by atoms with E-state index in [1.807, 2.05) is 30.3 Å². The van der Waals surface area contributed by atoms with Crippen molar-refractivity contribution in [3.05, 3.63) is 92.8 Å². The minimum atomic E-state index is -0.489. The number of fused-ring (bicyclic) bond motifs is 1. The second kappa shape index (κ2) is 8.53. The summed E-state index contributed by atoms with van der Waals surface area (Å²) in [6, 6.07) is 16.1. The summed E-state index contributed by atoms with van der Waals surface area (Å²) in [5.41, 5.74) is 2.18. The van der Waals surface area contributed by atoms with Gasteiger partial charge in [0.15, 0.2) is 0 Å². The number of amides is 1. The number of aryl methyl sites for hydroxylation is 1. The van der Waals surface area contributed by atoms with Gasteiger partial charge in [-0.3, -0.25) is 14.2 Å². The largest absolute Gasteiger partial charge is 0.465 e. The molecule has 2 aromatic carbocycles. The first kappa shape index (κ1) is 20.5. The zero-order chi connectivity index (χ0) is 22.0. The fourth-order valence-corrected chi connectivity index (χ4v) is 4.33. The van der Waals surface area contributed by atoms with Crippen LogP contribution in [0.25, 0.3) is 10.2 Å². The van der Waals surface area contributed by atoms with Gasteiger partial charge in [0.1, 0.15) is 4.83 Å². The van der Waals surface area contributed by atoms with Crippen molar-refractivity contribution in [1.82, 2.24) is 9.55 Å². The van der Waals surface area contributed by atoms with E-state index in [1.165, 1.54) is 30.8 Å². The number of nitrogens with zero attached hydrogens (tertiary/aromatic N) is 2. The lowest BCUT2D eigenvalue weighted by Crippen LogP contribution is -2.21. The van der Waals surface area contributed by atoms with E-state index < -0.39 is 5.97 Å². The molecule has 1 amide bonds. The van der Waals surface area contributed by atoms with Crippen LogP contribution in [-0.2, 0) is 11.3 Å². The molecule has 4 rings (SSSR count). The summed E-state index contributed by atoms with van der Waals surface area (Å²) in [5, 5.41) is 3.22. The first-order valence-electron chi connectivity index (χ1n) is 9.50. The first-order chi connectivity index (χ1) is 15.0. The van der Waals surface area contributed by atoms with Crippen molar-refractivity contribution < 1.29 is 14.3 Å². The Morgan fingerprint density at radius 1 is 1.13 bits per heavy atom. The van der Waals surface area contributed by atoms with Crippen LogP contribution in [-0.4, -0.2) is 28.5 Å². The number of nitrogens with one attached hydrogen (secondary N) is 1. The summed E-state index contributed by atoms with van der Waals surface area (Å²) in [6.07, 6.45) is 1.51. The lowest BCUT2D eigenvalue weighted by Gasteiger charge is -2.06. The number of rotatable bonds is 5. The van der Waals surface area contributed by atoms with Crippen molar-refractivity contribution in [2.75, 3.05) is 12.4 Å². The van der Waals surface area contributed by atoms with E-state index >= 15 is 0 Å². The minimum absolute atomic E-state index is 0.186. The molecule has 0 saturated heterocycles. The molecule has 0 radical (unpaired) electrons. The van der Waals surface area contributed by atoms with E-state index in [0.717, 1.165) is 5.56 Å². The van der Waals surface area contributed by atoms with Gasteiger partial charge in [-0.05, 0) is 36.2 Å². The van der Waals surface area contributed by atoms with Crippen molar-refractivity contribution in [3.8, 4) is 0 Å². The number of ether oxygens (including phenoxy) is 1. The second-order valence-electron chi connectivity index (χ2n) is 6.93. The Hall–Kier alpha value is -3.78. The molecular weight excluding hydrogens is 414 g/mol. The monoisotopic (exact) mass is 433 g/mol. The molecular formula is C23H19N3O4S. The molecule has 4 aromatic rings. The zero-order valence-electron chi connectivity index (χ0n) is 16.9. The van der Waals surface area contributed by atoms with Gasteiger partial charge in [-0.25, -0.2) is 9.78 Å². The molecule has 0 spiro atoms. The number of aromatic nitrogens is 2. The summed E-state index contributed by atoms with van der Waals surface area (Å²) in [7, 11) is 1.30. The average Bonchev–Trinajstić information content (AvgIpc) is 3.13. The molecule has 0 bridgehead atoms. The van der Waals surface area contributed by atoms with E-state index in [9.17, 15) is 14.4 Å². The molecule has 0 aliphatic carbocycles. The third kappa shape index (κ3) is 4.10. The Bertz CT molecular complexity index is 1340. The van der Waals surface area contributed by atoms with Gasteiger partial charge in [-0.1, -0.05) is 36.4 Å². The van der Waals surface area contributed by atoms with Crippen LogP contribution in [0.1, 0.15) is 31.2 Å². The van der Waals surface area contributed by atoms with E-state index in [0.29, 0.717) is 38.5 Å². The summed E-state index contributed by atoms with van der Waals surface area (Å²) in [4.78, 5) is 43.0. The summed E-state index contributed by atoms with van der Waals surface area (Å²) >= 11 is 1.17. The van der Waals surface area contributed by atoms with Crippen LogP contribution < -0.4 is 10.9 Å². The van der Waals surface area contributed by atoms with E-state index in [2.05, 4.69) is 10.3 Å². The number of hydrogen-bond acceptors (Lipinski definition) is 6. The molecule has 1 N–H and O–H groups in total. The lowest BCUT2D eigenvalue weighted by molar-refractivity contribution is 0.0600. The van der Waals surface area contributed by atoms with Crippen LogP contribution in [0.2, 0.25) is 0 Å². The Kier molecular flexibility index (Phi) is 5.64. The highest BCUT2D eigenvalue weighted by Crippen LogP contribution is 2.28. The molecule has 0 fully saturated rings. The van der Waals surface area contributed by atoms with Gasteiger partial charge >= 0.3 is 5.97 Å². The van der Waals surface area contributed by atoms with E-state index in [-0.39, 0.29) is 11.5 Å². The number of hydrogen-bond donors (Lipinski definition) is 1. The zero-order valence-corrected chi connectivity index (χ0v) is 17.7. The van der Waals surface area contributed by atoms with Crippen molar-refractivity contribution >= 4 is 39.1 Å². The summed E-state index contributed by atoms with van der Waals surface area (Å²) < 4.78 is 6.25. The summed E-state index contributed by atoms with van der Waals surface area (Å²) in [6.45, 7) is 2.15. The Morgan fingerprint density at radius 3 is 2.65 bits per heavy atom. The number of carbonyl (C=O) groups excluding carboxylic acids is 2. The SMILES string of the molecule is COC(=O)c1cccc(NC(=O)c2sc3ncn(Cc4ccccc4)c(=O)c3c2C)c1. The average molecular weight is 433 g/mol. The number of carbonyl (C=O) groups is 2. The molecule has 0 atom stereocenters. The first-order valence-corrected chi connectivity index (χ1v) is 10.3. The predicted octanol–water partition coefficient (Wildman–Crippen LogP) is 3.85. The van der Waals surface area contributed by atoms with E-state index in [4.69, 9.17) is 4.74 Å². The van der Waals surface area contributed by atoms with Gasteiger partial charge in [0.25, 0.3) is 11.5 Å². The smallest absolute Gasteiger partial charge is 0.337 e. The van der Waals surface area contributed by atoms with Crippen molar-refractivity contribution in [3.63, 3.8) is 0 Å². The third-order valence-corrected chi connectivity index (χ3v) is 6.06.